The maximum absolute atomic E-state index is 12.7. The van der Waals surface area contributed by atoms with Crippen molar-refractivity contribution < 1.29 is 9.90 Å². The van der Waals surface area contributed by atoms with E-state index in [1.54, 1.807) is 41.4 Å². The zero-order valence-electron chi connectivity index (χ0n) is 11.9. The summed E-state index contributed by atoms with van der Waals surface area (Å²) in [5, 5.41) is 9.64. The van der Waals surface area contributed by atoms with E-state index in [-0.39, 0.29) is 11.7 Å². The quantitative estimate of drug-likeness (QED) is 0.932. The molecule has 4 heteroatoms. The van der Waals surface area contributed by atoms with Gasteiger partial charge in [-0.15, -0.1) is 0 Å². The van der Waals surface area contributed by atoms with Gasteiger partial charge in [-0.25, -0.2) is 0 Å². The Bertz CT molecular complexity index is 638. The van der Waals surface area contributed by atoms with E-state index in [2.05, 4.69) is 4.98 Å². The Hall–Kier alpha value is -2.36. The van der Waals surface area contributed by atoms with Crippen LogP contribution < -0.4 is 4.90 Å². The molecule has 0 aliphatic rings. The van der Waals surface area contributed by atoms with E-state index in [0.29, 0.717) is 17.8 Å². The molecule has 1 N–H and O–H groups in total. The van der Waals surface area contributed by atoms with Gasteiger partial charge in [-0.05, 0) is 44.5 Å². The lowest BCUT2D eigenvalue weighted by molar-refractivity contribution is 0.0987. The molecule has 0 radical (unpaired) electrons. The van der Waals surface area contributed by atoms with Gasteiger partial charge < -0.3 is 10.0 Å². The van der Waals surface area contributed by atoms with Crippen LogP contribution in [0.4, 0.5) is 5.69 Å². The molecule has 1 heterocycles. The van der Waals surface area contributed by atoms with E-state index in [9.17, 15) is 9.90 Å². The van der Waals surface area contributed by atoms with E-state index < -0.39 is 0 Å². The Labute approximate surface area is 118 Å². The van der Waals surface area contributed by atoms with Gasteiger partial charge in [0, 0.05) is 24.5 Å². The topological polar surface area (TPSA) is 53.4 Å². The number of benzene rings is 1. The zero-order valence-corrected chi connectivity index (χ0v) is 11.9. The van der Waals surface area contributed by atoms with Crippen molar-refractivity contribution >= 4 is 11.6 Å². The first-order chi connectivity index (χ1) is 9.54. The first kappa shape index (κ1) is 14.1. The Kier molecular flexibility index (Phi) is 4.03. The number of aromatic hydroxyl groups is 1. The summed E-state index contributed by atoms with van der Waals surface area (Å²) in [6.45, 7) is 6.17. The molecule has 2 aromatic rings. The van der Waals surface area contributed by atoms with E-state index in [1.165, 1.54) is 0 Å². The molecule has 0 aliphatic carbocycles. The van der Waals surface area contributed by atoms with Crippen molar-refractivity contribution in [1.29, 1.82) is 0 Å². The smallest absolute Gasteiger partial charge is 0.260 e. The molecule has 0 saturated carbocycles. The summed E-state index contributed by atoms with van der Waals surface area (Å²) >= 11 is 0. The normalized spacial score (nSPS) is 10.3. The van der Waals surface area contributed by atoms with Crippen LogP contribution in [0.15, 0.2) is 36.5 Å². The number of hydrogen-bond donors (Lipinski definition) is 1. The number of hydrogen-bond acceptors (Lipinski definition) is 3. The highest BCUT2D eigenvalue weighted by atomic mass is 16.3. The van der Waals surface area contributed by atoms with Crippen LogP contribution in [0.1, 0.15) is 28.5 Å². The second kappa shape index (κ2) is 5.74. The van der Waals surface area contributed by atoms with Crippen LogP contribution in [0.25, 0.3) is 0 Å². The highest BCUT2D eigenvalue weighted by Crippen LogP contribution is 2.26. The summed E-state index contributed by atoms with van der Waals surface area (Å²) in [6.07, 6.45) is 1.67. The third-order valence-electron chi connectivity index (χ3n) is 3.28. The molecule has 2 rings (SSSR count). The number of rotatable bonds is 3. The molecule has 20 heavy (non-hydrogen) atoms. The fourth-order valence-electron chi connectivity index (χ4n) is 2.17. The molecular weight excluding hydrogens is 252 g/mol. The van der Waals surface area contributed by atoms with Crippen molar-refractivity contribution in [2.75, 3.05) is 11.4 Å². The van der Waals surface area contributed by atoms with Crippen LogP contribution in [-0.4, -0.2) is 22.5 Å². The van der Waals surface area contributed by atoms with Gasteiger partial charge in [-0.1, -0.05) is 6.07 Å². The number of phenolic OH excluding ortho intramolecular Hbond substituents is 1. The Balaban J connectivity index is 2.45. The van der Waals surface area contributed by atoms with E-state index in [4.69, 9.17) is 0 Å². The molecule has 0 saturated heterocycles. The fraction of sp³-hybridized carbons (Fsp3) is 0.250. The highest BCUT2D eigenvalue weighted by Gasteiger charge is 2.19. The molecule has 1 amide bonds. The van der Waals surface area contributed by atoms with Gasteiger partial charge in [0.15, 0.2) is 0 Å². The third-order valence-corrected chi connectivity index (χ3v) is 3.28. The Morgan fingerprint density at radius 3 is 2.70 bits per heavy atom. The van der Waals surface area contributed by atoms with Crippen LogP contribution in [0.5, 0.6) is 5.75 Å². The van der Waals surface area contributed by atoms with E-state index in [0.717, 1.165) is 11.3 Å². The number of phenols is 1. The zero-order chi connectivity index (χ0) is 14.7. The average molecular weight is 270 g/mol. The lowest BCUT2D eigenvalue weighted by Gasteiger charge is -2.23. The second-order valence-corrected chi connectivity index (χ2v) is 4.66. The number of carbonyl (C=O) groups excluding carboxylic acids is 1. The summed E-state index contributed by atoms with van der Waals surface area (Å²) < 4.78 is 0. The Morgan fingerprint density at radius 1 is 1.30 bits per heavy atom. The lowest BCUT2D eigenvalue weighted by atomic mass is 10.1. The van der Waals surface area contributed by atoms with Crippen LogP contribution in [-0.2, 0) is 0 Å². The fourth-order valence-corrected chi connectivity index (χ4v) is 2.17. The molecule has 0 aliphatic heterocycles. The molecule has 0 unspecified atom stereocenters. The number of pyridine rings is 1. The monoisotopic (exact) mass is 270 g/mol. The minimum atomic E-state index is -0.105. The third kappa shape index (κ3) is 2.64. The van der Waals surface area contributed by atoms with Crippen LogP contribution >= 0.6 is 0 Å². The summed E-state index contributed by atoms with van der Waals surface area (Å²) in [7, 11) is 0. The maximum Gasteiger partial charge on any atom is 0.260 e. The van der Waals surface area contributed by atoms with Gasteiger partial charge in [-0.2, -0.15) is 0 Å². The van der Waals surface area contributed by atoms with E-state index in [1.807, 2.05) is 20.8 Å². The van der Waals surface area contributed by atoms with Crippen molar-refractivity contribution in [3.8, 4) is 5.75 Å². The molecule has 4 nitrogen and oxygen atoms in total. The standard InChI is InChI=1S/C16H18N2O2/c1-4-18(15-10-13(19)8-7-11(15)2)16(20)14-6-5-9-17-12(14)3/h5-10,19H,4H2,1-3H3. The summed E-state index contributed by atoms with van der Waals surface area (Å²) in [5.41, 5.74) is 2.95. The summed E-state index contributed by atoms with van der Waals surface area (Å²) in [5.74, 6) is 0.0477. The number of nitrogens with zero attached hydrogens (tertiary/aromatic N) is 2. The number of carbonyl (C=O) groups is 1. The van der Waals surface area contributed by atoms with E-state index >= 15 is 0 Å². The molecular formula is C16H18N2O2. The SMILES string of the molecule is CCN(C(=O)c1cccnc1C)c1cc(O)ccc1C. The predicted octanol–water partition coefficient (Wildman–Crippen LogP) is 3.07. The van der Waals surface area contributed by atoms with Crippen molar-refractivity contribution in [1.82, 2.24) is 4.98 Å². The predicted molar refractivity (Wildman–Crippen MR) is 79.2 cm³/mol. The van der Waals surface area contributed by atoms with Crippen molar-refractivity contribution in [3.05, 3.63) is 53.3 Å². The number of aromatic nitrogens is 1. The first-order valence-electron chi connectivity index (χ1n) is 6.57. The Morgan fingerprint density at radius 2 is 2.05 bits per heavy atom. The van der Waals surface area contributed by atoms with Gasteiger partial charge in [0.1, 0.15) is 5.75 Å². The minimum Gasteiger partial charge on any atom is -0.508 e. The molecule has 1 aromatic carbocycles. The molecule has 0 bridgehead atoms. The average Bonchev–Trinajstić information content (AvgIpc) is 2.44. The molecule has 104 valence electrons. The number of aryl methyl sites for hydroxylation is 2. The lowest BCUT2D eigenvalue weighted by Crippen LogP contribution is -2.31. The minimum absolute atomic E-state index is 0.105. The summed E-state index contributed by atoms with van der Waals surface area (Å²) in [6, 6.07) is 8.56. The molecule has 0 fully saturated rings. The molecule has 1 aromatic heterocycles. The van der Waals surface area contributed by atoms with Crippen LogP contribution in [0, 0.1) is 13.8 Å². The van der Waals surface area contributed by atoms with Gasteiger partial charge >= 0.3 is 0 Å². The highest BCUT2D eigenvalue weighted by molar-refractivity contribution is 6.07. The number of amides is 1. The van der Waals surface area contributed by atoms with Gasteiger partial charge in [-0.3, -0.25) is 9.78 Å². The van der Waals surface area contributed by atoms with Gasteiger partial charge in [0.2, 0.25) is 0 Å². The van der Waals surface area contributed by atoms with Crippen LogP contribution in [0.2, 0.25) is 0 Å². The van der Waals surface area contributed by atoms with Crippen molar-refractivity contribution in [2.24, 2.45) is 0 Å². The first-order valence-corrected chi connectivity index (χ1v) is 6.57. The van der Waals surface area contributed by atoms with Crippen LogP contribution in [0.3, 0.4) is 0 Å². The van der Waals surface area contributed by atoms with Gasteiger partial charge in [0.25, 0.3) is 5.91 Å². The van der Waals surface area contributed by atoms with Crippen molar-refractivity contribution in [3.63, 3.8) is 0 Å². The largest absolute Gasteiger partial charge is 0.508 e. The molecule has 0 spiro atoms. The summed E-state index contributed by atoms with van der Waals surface area (Å²) in [4.78, 5) is 18.5. The maximum atomic E-state index is 12.7. The second-order valence-electron chi connectivity index (χ2n) is 4.66. The van der Waals surface area contributed by atoms with Gasteiger partial charge in [0.05, 0.1) is 11.3 Å². The van der Waals surface area contributed by atoms with Crippen molar-refractivity contribution in [2.45, 2.75) is 20.8 Å². The number of anilines is 1. The molecule has 0 atom stereocenters.